The van der Waals surface area contributed by atoms with Crippen molar-refractivity contribution in [2.75, 3.05) is 34.1 Å². The van der Waals surface area contributed by atoms with Crippen LogP contribution in [-0.2, 0) is 16.0 Å². The van der Waals surface area contributed by atoms with Gasteiger partial charge in [-0.2, -0.15) is 0 Å². The molecule has 17 heavy (non-hydrogen) atoms. The van der Waals surface area contributed by atoms with E-state index in [1.165, 1.54) is 11.1 Å². The predicted molar refractivity (Wildman–Crippen MR) is 72.1 cm³/mol. The maximum absolute atomic E-state index is 5.18. The second-order valence-electron chi connectivity index (χ2n) is 3.89. The molecule has 0 saturated heterocycles. The highest BCUT2D eigenvalue weighted by Gasteiger charge is 2.06. The van der Waals surface area contributed by atoms with Gasteiger partial charge in [0.2, 0.25) is 0 Å². The summed E-state index contributed by atoms with van der Waals surface area (Å²) in [5.41, 5.74) is 2.66. The van der Waals surface area contributed by atoms with Crippen LogP contribution in [0, 0.1) is 6.92 Å². The van der Waals surface area contributed by atoms with E-state index in [9.17, 15) is 0 Å². The van der Waals surface area contributed by atoms with Crippen molar-refractivity contribution in [3.63, 3.8) is 0 Å². The maximum Gasteiger partial charge on any atom is 0.0990 e. The summed E-state index contributed by atoms with van der Waals surface area (Å²) in [5, 5.41) is 0. The first-order chi connectivity index (χ1) is 7.77. The number of hydrogen-bond acceptors (Lipinski definition) is 3. The molecule has 0 aliphatic carbocycles. The number of ether oxygens (including phenoxy) is 2. The van der Waals surface area contributed by atoms with Gasteiger partial charge in [-0.1, -0.05) is 31.7 Å². The SMILES string of the molecule is C.COCCN(COC)Cc1ccccc1C. The van der Waals surface area contributed by atoms with Crippen LogP contribution in [0.4, 0.5) is 0 Å². The topological polar surface area (TPSA) is 21.7 Å². The Bertz CT molecular complexity index is 302. The average molecular weight is 239 g/mol. The molecule has 0 aliphatic heterocycles. The molecule has 3 heteroatoms. The van der Waals surface area contributed by atoms with Crippen molar-refractivity contribution in [2.45, 2.75) is 20.9 Å². The molecular formula is C14H25NO2. The van der Waals surface area contributed by atoms with Crippen molar-refractivity contribution in [3.05, 3.63) is 35.4 Å². The molecule has 1 rings (SSSR count). The molecule has 0 bridgehead atoms. The minimum atomic E-state index is 0. The van der Waals surface area contributed by atoms with Gasteiger partial charge in [-0.15, -0.1) is 0 Å². The molecule has 0 radical (unpaired) electrons. The fraction of sp³-hybridized carbons (Fsp3) is 0.571. The van der Waals surface area contributed by atoms with Gasteiger partial charge in [0.1, 0.15) is 0 Å². The van der Waals surface area contributed by atoms with Crippen LogP contribution in [0.25, 0.3) is 0 Å². The normalized spacial score (nSPS) is 10.4. The van der Waals surface area contributed by atoms with E-state index in [0.29, 0.717) is 6.73 Å². The largest absolute Gasteiger partial charge is 0.383 e. The lowest BCUT2D eigenvalue weighted by molar-refractivity contribution is 0.0388. The number of methoxy groups -OCH3 is 2. The molecule has 0 saturated carbocycles. The monoisotopic (exact) mass is 239 g/mol. The zero-order valence-corrected chi connectivity index (χ0v) is 10.4. The maximum atomic E-state index is 5.18. The smallest absolute Gasteiger partial charge is 0.0990 e. The van der Waals surface area contributed by atoms with Crippen LogP contribution >= 0.6 is 0 Å². The van der Waals surface area contributed by atoms with Crippen molar-refractivity contribution < 1.29 is 9.47 Å². The molecule has 0 N–H and O–H groups in total. The van der Waals surface area contributed by atoms with Gasteiger partial charge in [0.15, 0.2) is 0 Å². The highest BCUT2D eigenvalue weighted by atomic mass is 16.5. The quantitative estimate of drug-likeness (QED) is 0.683. The van der Waals surface area contributed by atoms with Gasteiger partial charge in [-0.25, -0.2) is 0 Å². The minimum Gasteiger partial charge on any atom is -0.383 e. The Morgan fingerprint density at radius 1 is 1.12 bits per heavy atom. The number of rotatable bonds is 7. The number of benzene rings is 1. The lowest BCUT2D eigenvalue weighted by atomic mass is 10.1. The van der Waals surface area contributed by atoms with Gasteiger partial charge >= 0.3 is 0 Å². The van der Waals surface area contributed by atoms with Crippen molar-refractivity contribution in [1.82, 2.24) is 4.90 Å². The van der Waals surface area contributed by atoms with Crippen LogP contribution in [0.15, 0.2) is 24.3 Å². The van der Waals surface area contributed by atoms with E-state index in [-0.39, 0.29) is 7.43 Å². The van der Waals surface area contributed by atoms with Gasteiger partial charge in [0, 0.05) is 27.3 Å². The third-order valence-electron chi connectivity index (χ3n) is 2.58. The van der Waals surface area contributed by atoms with Gasteiger partial charge < -0.3 is 9.47 Å². The van der Waals surface area contributed by atoms with Crippen molar-refractivity contribution in [1.29, 1.82) is 0 Å². The second kappa shape index (κ2) is 9.16. The van der Waals surface area contributed by atoms with E-state index >= 15 is 0 Å². The zero-order valence-electron chi connectivity index (χ0n) is 10.4. The van der Waals surface area contributed by atoms with E-state index in [1.54, 1.807) is 14.2 Å². The van der Waals surface area contributed by atoms with E-state index in [0.717, 1.165) is 19.7 Å². The molecule has 1 aromatic carbocycles. The highest BCUT2D eigenvalue weighted by molar-refractivity contribution is 5.25. The summed E-state index contributed by atoms with van der Waals surface area (Å²) in [6.45, 7) is 5.30. The third-order valence-corrected chi connectivity index (χ3v) is 2.58. The van der Waals surface area contributed by atoms with Gasteiger partial charge in [0.05, 0.1) is 13.3 Å². The lowest BCUT2D eigenvalue weighted by Gasteiger charge is -2.21. The molecule has 0 fully saturated rings. The molecule has 0 amide bonds. The Morgan fingerprint density at radius 2 is 1.82 bits per heavy atom. The number of hydrogen-bond donors (Lipinski definition) is 0. The van der Waals surface area contributed by atoms with Crippen LogP contribution < -0.4 is 0 Å². The summed E-state index contributed by atoms with van der Waals surface area (Å²) in [6, 6.07) is 8.43. The number of aryl methyl sites for hydroxylation is 1. The van der Waals surface area contributed by atoms with E-state index in [4.69, 9.17) is 9.47 Å². The zero-order chi connectivity index (χ0) is 11.8. The predicted octanol–water partition coefficient (Wildman–Crippen LogP) is 2.68. The van der Waals surface area contributed by atoms with E-state index < -0.39 is 0 Å². The molecule has 0 atom stereocenters. The molecule has 1 aromatic rings. The number of nitrogens with zero attached hydrogens (tertiary/aromatic N) is 1. The minimum absolute atomic E-state index is 0. The summed E-state index contributed by atoms with van der Waals surface area (Å²) >= 11 is 0. The van der Waals surface area contributed by atoms with Crippen LogP contribution in [0.2, 0.25) is 0 Å². The summed E-state index contributed by atoms with van der Waals surface area (Å²) in [5.74, 6) is 0. The Balaban J connectivity index is 0.00000256. The fourth-order valence-corrected chi connectivity index (χ4v) is 1.62. The highest BCUT2D eigenvalue weighted by Crippen LogP contribution is 2.10. The standard InChI is InChI=1S/C13H21NO2.CH4/c1-12-6-4-5-7-13(12)10-14(11-16-3)8-9-15-2;/h4-7H,8-11H2,1-3H3;1H4. The Kier molecular flexibility index (Phi) is 8.68. The van der Waals surface area contributed by atoms with Crippen molar-refractivity contribution in [3.8, 4) is 0 Å². The van der Waals surface area contributed by atoms with Crippen LogP contribution in [0.3, 0.4) is 0 Å². The lowest BCUT2D eigenvalue weighted by Crippen LogP contribution is -2.29. The summed E-state index contributed by atoms with van der Waals surface area (Å²) in [7, 11) is 3.44. The first-order valence-electron chi connectivity index (χ1n) is 5.52. The molecule has 0 heterocycles. The van der Waals surface area contributed by atoms with Crippen molar-refractivity contribution >= 4 is 0 Å². The average Bonchev–Trinajstić information content (AvgIpc) is 2.29. The van der Waals surface area contributed by atoms with Gasteiger partial charge in [-0.05, 0) is 18.1 Å². The molecular weight excluding hydrogens is 214 g/mol. The molecule has 98 valence electrons. The first kappa shape index (κ1) is 16.1. The third kappa shape index (κ3) is 5.82. The Morgan fingerprint density at radius 3 is 2.41 bits per heavy atom. The molecule has 0 spiro atoms. The van der Waals surface area contributed by atoms with Crippen LogP contribution in [0.1, 0.15) is 18.6 Å². The van der Waals surface area contributed by atoms with Crippen LogP contribution in [-0.4, -0.2) is 39.0 Å². The van der Waals surface area contributed by atoms with E-state index in [2.05, 4.69) is 36.1 Å². The molecule has 0 aromatic heterocycles. The van der Waals surface area contributed by atoms with Gasteiger partial charge in [0.25, 0.3) is 0 Å². The summed E-state index contributed by atoms with van der Waals surface area (Å²) < 4.78 is 10.3. The first-order valence-corrected chi connectivity index (χ1v) is 5.52. The molecule has 0 unspecified atom stereocenters. The van der Waals surface area contributed by atoms with Crippen LogP contribution in [0.5, 0.6) is 0 Å². The molecule has 0 aliphatic rings. The van der Waals surface area contributed by atoms with E-state index in [1.807, 2.05) is 0 Å². The van der Waals surface area contributed by atoms with Crippen molar-refractivity contribution in [2.24, 2.45) is 0 Å². The Labute approximate surface area is 105 Å². The Hall–Kier alpha value is -0.900. The summed E-state index contributed by atoms with van der Waals surface area (Å²) in [4.78, 5) is 2.23. The fourth-order valence-electron chi connectivity index (χ4n) is 1.62. The molecule has 3 nitrogen and oxygen atoms in total. The van der Waals surface area contributed by atoms with Gasteiger partial charge in [-0.3, -0.25) is 4.90 Å². The summed E-state index contributed by atoms with van der Waals surface area (Å²) in [6.07, 6.45) is 0. The second-order valence-corrected chi connectivity index (χ2v) is 3.89.